The number of hydrogen-bond donors (Lipinski definition) is 2. The zero-order valence-electron chi connectivity index (χ0n) is 19.2. The first-order chi connectivity index (χ1) is 17.2. The molecular weight excluding hydrogens is 474 g/mol. The van der Waals surface area contributed by atoms with E-state index in [9.17, 15) is 23.2 Å². The first-order valence-corrected chi connectivity index (χ1v) is 11.5. The van der Waals surface area contributed by atoms with Crippen molar-refractivity contribution >= 4 is 40.8 Å². The van der Waals surface area contributed by atoms with Crippen molar-refractivity contribution in [2.75, 3.05) is 29.1 Å². The van der Waals surface area contributed by atoms with E-state index in [1.54, 1.807) is 0 Å². The number of imide groups is 1. The van der Waals surface area contributed by atoms with Crippen LogP contribution in [0.1, 0.15) is 36.4 Å². The Hall–Kier alpha value is -4.16. The van der Waals surface area contributed by atoms with Gasteiger partial charge in [0, 0.05) is 31.9 Å². The van der Waals surface area contributed by atoms with Crippen molar-refractivity contribution in [2.45, 2.75) is 37.6 Å². The average molecular weight is 496 g/mol. The fraction of sp³-hybridized carbons (Fsp3) is 0.391. The summed E-state index contributed by atoms with van der Waals surface area (Å²) in [4.78, 5) is 51.9. The van der Waals surface area contributed by atoms with Crippen molar-refractivity contribution in [2.24, 2.45) is 5.92 Å². The summed E-state index contributed by atoms with van der Waals surface area (Å²) in [5.41, 5.74) is 2.87. The second-order valence-electron chi connectivity index (χ2n) is 9.37. The summed E-state index contributed by atoms with van der Waals surface area (Å²) in [7, 11) is 1.46. The molecule has 0 spiro atoms. The number of carbonyl (C=O) groups is 3. The normalized spacial score (nSPS) is 20.8. The van der Waals surface area contributed by atoms with Crippen LogP contribution in [0.3, 0.4) is 0 Å². The fourth-order valence-corrected chi connectivity index (χ4v) is 4.28. The van der Waals surface area contributed by atoms with E-state index < -0.39 is 30.2 Å². The van der Waals surface area contributed by atoms with Gasteiger partial charge < -0.3 is 15.0 Å². The maximum absolute atomic E-state index is 13.1. The fourth-order valence-electron chi connectivity index (χ4n) is 4.28. The molecule has 3 aromatic heterocycles. The minimum atomic E-state index is -2.96. The van der Waals surface area contributed by atoms with Gasteiger partial charge in [0.1, 0.15) is 30.4 Å². The Morgan fingerprint density at radius 1 is 1.17 bits per heavy atom. The van der Waals surface area contributed by atoms with Crippen LogP contribution >= 0.6 is 0 Å². The Kier molecular flexibility index (Phi) is 4.92. The monoisotopic (exact) mass is 496 g/mol. The number of pyridine rings is 1. The Bertz CT molecular complexity index is 1420. The first kappa shape index (κ1) is 22.3. The third-order valence-corrected chi connectivity index (χ3v) is 6.64. The molecule has 2 saturated carbocycles. The predicted molar refractivity (Wildman–Crippen MR) is 124 cm³/mol. The minimum absolute atomic E-state index is 0.0399. The van der Waals surface area contributed by atoms with E-state index in [0.717, 1.165) is 23.3 Å². The van der Waals surface area contributed by atoms with E-state index in [4.69, 9.17) is 0 Å². The number of nitrogens with zero attached hydrogens (tertiary/aromatic N) is 6. The maximum atomic E-state index is 13.1. The molecule has 1 atom stereocenters. The number of urea groups is 1. The van der Waals surface area contributed by atoms with Crippen molar-refractivity contribution in [3.05, 3.63) is 42.1 Å². The number of amides is 4. The number of likely N-dealkylation sites (N-methyl/N-ethyl adjacent to an activating group) is 1. The van der Waals surface area contributed by atoms with Crippen molar-refractivity contribution in [1.82, 2.24) is 24.3 Å². The number of alkyl halides is 2. The van der Waals surface area contributed by atoms with E-state index >= 15 is 0 Å². The van der Waals surface area contributed by atoms with Crippen LogP contribution in [0.4, 0.5) is 30.9 Å². The summed E-state index contributed by atoms with van der Waals surface area (Å²) < 4.78 is 28.1. The highest BCUT2D eigenvalue weighted by atomic mass is 19.3. The van der Waals surface area contributed by atoms with Crippen LogP contribution in [0, 0.1) is 5.92 Å². The Labute approximate surface area is 203 Å². The molecule has 6 rings (SSSR count). The summed E-state index contributed by atoms with van der Waals surface area (Å²) in [6.07, 6.45) is 6.74. The molecule has 4 amide bonds. The van der Waals surface area contributed by atoms with Gasteiger partial charge in [-0.1, -0.05) is 0 Å². The van der Waals surface area contributed by atoms with E-state index in [1.165, 1.54) is 24.3 Å². The lowest BCUT2D eigenvalue weighted by Gasteiger charge is -2.17. The average Bonchev–Trinajstić information content (AvgIpc) is 3.74. The molecule has 3 fully saturated rings. The van der Waals surface area contributed by atoms with E-state index in [-0.39, 0.29) is 24.8 Å². The number of hydrogen-bond acceptors (Lipinski definition) is 7. The van der Waals surface area contributed by atoms with Crippen LogP contribution in [0.15, 0.2) is 30.9 Å². The van der Waals surface area contributed by atoms with Gasteiger partial charge in [-0.2, -0.15) is 0 Å². The third-order valence-electron chi connectivity index (χ3n) is 6.64. The Morgan fingerprint density at radius 3 is 2.58 bits per heavy atom. The highest BCUT2D eigenvalue weighted by molar-refractivity contribution is 6.13. The molecule has 3 aromatic rings. The maximum Gasteiger partial charge on any atom is 0.331 e. The van der Waals surface area contributed by atoms with Crippen molar-refractivity contribution in [3.63, 3.8) is 0 Å². The molecule has 2 N–H and O–H groups in total. The molecule has 0 unspecified atom stereocenters. The van der Waals surface area contributed by atoms with Gasteiger partial charge in [0.25, 0.3) is 5.92 Å². The predicted octanol–water partition coefficient (Wildman–Crippen LogP) is 2.61. The van der Waals surface area contributed by atoms with Crippen molar-refractivity contribution in [1.29, 1.82) is 0 Å². The molecule has 186 valence electrons. The summed E-state index contributed by atoms with van der Waals surface area (Å²) in [6, 6.07) is 3.00. The lowest BCUT2D eigenvalue weighted by atomic mass is 10.1. The standard InChI is InChI=1S/C23H22F2N8O3/c1-31-19(34)10-33(22(31)36)16-4-13(12-2-3-12)8-32-9-14(29-20(16)32)7-26-17-5-18(28-11-27-17)30-21(35)15-6-23(15,24)25/h4-5,8-9,11-12,15H,2-3,6-7,10H2,1H3,(H2,26,27,28,30,35)/t15-/m0/s1. The first-order valence-electron chi connectivity index (χ1n) is 11.5. The van der Waals surface area contributed by atoms with Crippen molar-refractivity contribution < 1.29 is 23.2 Å². The van der Waals surface area contributed by atoms with Crippen LogP contribution < -0.4 is 15.5 Å². The minimum Gasteiger partial charge on any atom is -0.364 e. The van der Waals surface area contributed by atoms with Crippen molar-refractivity contribution in [3.8, 4) is 0 Å². The van der Waals surface area contributed by atoms with E-state index in [2.05, 4.69) is 25.6 Å². The second kappa shape index (κ2) is 7.93. The number of imidazole rings is 1. The SMILES string of the molecule is CN1C(=O)CN(c2cc(C3CC3)cn3cc(CNc4cc(NC(=O)[C@@H]5CC5(F)F)ncn4)nc23)C1=O. The number of fused-ring (bicyclic) bond motifs is 1. The molecule has 4 heterocycles. The van der Waals surface area contributed by atoms with Crippen LogP contribution in [0.25, 0.3) is 5.65 Å². The van der Waals surface area contributed by atoms with Gasteiger partial charge >= 0.3 is 6.03 Å². The topological polar surface area (TPSA) is 125 Å². The zero-order valence-corrected chi connectivity index (χ0v) is 19.2. The number of anilines is 3. The van der Waals surface area contributed by atoms with Gasteiger partial charge in [-0.3, -0.25) is 19.4 Å². The second-order valence-corrected chi connectivity index (χ2v) is 9.37. The van der Waals surface area contributed by atoms with Crippen LogP contribution in [-0.2, 0) is 16.1 Å². The molecule has 3 aliphatic rings. The van der Waals surface area contributed by atoms with Crippen LogP contribution in [-0.4, -0.2) is 61.6 Å². The van der Waals surface area contributed by atoms with Gasteiger partial charge in [-0.05, 0) is 30.4 Å². The molecular formula is C23H22F2N8O3. The number of carbonyl (C=O) groups excluding carboxylic acids is 3. The lowest BCUT2D eigenvalue weighted by molar-refractivity contribution is -0.124. The Morgan fingerprint density at radius 2 is 1.92 bits per heavy atom. The molecule has 0 aromatic carbocycles. The molecule has 0 radical (unpaired) electrons. The number of nitrogens with one attached hydrogen (secondary N) is 2. The number of aromatic nitrogens is 4. The van der Waals surface area contributed by atoms with E-state index in [0.29, 0.717) is 28.8 Å². The van der Waals surface area contributed by atoms with E-state index in [1.807, 2.05) is 22.9 Å². The zero-order chi connectivity index (χ0) is 25.2. The number of halogens is 2. The van der Waals surface area contributed by atoms with Gasteiger partial charge in [0.05, 0.1) is 17.9 Å². The molecule has 36 heavy (non-hydrogen) atoms. The van der Waals surface area contributed by atoms with Crippen LogP contribution in [0.5, 0.6) is 0 Å². The summed E-state index contributed by atoms with van der Waals surface area (Å²) in [5.74, 6) is -4.41. The Balaban J connectivity index is 1.22. The molecule has 1 saturated heterocycles. The highest BCUT2D eigenvalue weighted by Crippen LogP contribution is 2.49. The largest absolute Gasteiger partial charge is 0.364 e. The molecule has 11 nitrogen and oxygen atoms in total. The summed E-state index contributed by atoms with van der Waals surface area (Å²) >= 11 is 0. The quantitative estimate of drug-likeness (QED) is 0.482. The lowest BCUT2D eigenvalue weighted by Crippen LogP contribution is -2.30. The summed E-state index contributed by atoms with van der Waals surface area (Å²) in [5, 5.41) is 5.48. The molecule has 1 aliphatic heterocycles. The third kappa shape index (κ3) is 3.99. The van der Waals surface area contributed by atoms with Gasteiger partial charge in [0.2, 0.25) is 11.8 Å². The van der Waals surface area contributed by atoms with Gasteiger partial charge in [-0.25, -0.2) is 28.5 Å². The molecule has 13 heteroatoms. The smallest absolute Gasteiger partial charge is 0.331 e. The van der Waals surface area contributed by atoms with Gasteiger partial charge in [-0.15, -0.1) is 0 Å². The highest BCUT2D eigenvalue weighted by Gasteiger charge is 2.61. The molecule has 2 aliphatic carbocycles. The number of rotatable bonds is 7. The van der Waals surface area contributed by atoms with Crippen LogP contribution in [0.2, 0.25) is 0 Å². The van der Waals surface area contributed by atoms with Gasteiger partial charge in [0.15, 0.2) is 5.65 Å². The molecule has 0 bridgehead atoms. The summed E-state index contributed by atoms with van der Waals surface area (Å²) in [6.45, 7) is 0.222.